The molecular formula is C11H21NO3. The summed E-state index contributed by atoms with van der Waals surface area (Å²) in [5.41, 5.74) is -0.218. The third-order valence-electron chi connectivity index (χ3n) is 2.74. The highest BCUT2D eigenvalue weighted by Gasteiger charge is 2.30. The molecule has 0 aromatic heterocycles. The Morgan fingerprint density at radius 2 is 1.93 bits per heavy atom. The number of rotatable bonds is 2. The van der Waals surface area contributed by atoms with E-state index in [2.05, 4.69) is 0 Å². The highest BCUT2D eigenvalue weighted by Crippen LogP contribution is 2.23. The van der Waals surface area contributed by atoms with Gasteiger partial charge in [-0.05, 0) is 12.8 Å². The van der Waals surface area contributed by atoms with E-state index >= 15 is 0 Å². The lowest BCUT2D eigenvalue weighted by Crippen LogP contribution is -2.39. The van der Waals surface area contributed by atoms with Gasteiger partial charge in [0.25, 0.3) is 0 Å². The van der Waals surface area contributed by atoms with Gasteiger partial charge in [0.15, 0.2) is 0 Å². The minimum Gasteiger partial charge on any atom is -0.443 e. The Balaban J connectivity index is 2.47. The van der Waals surface area contributed by atoms with Crippen molar-refractivity contribution in [1.82, 2.24) is 4.90 Å². The number of carbonyl (C=O) groups is 1. The largest absolute Gasteiger partial charge is 0.443 e. The highest BCUT2D eigenvalue weighted by molar-refractivity contribution is 5.68. The van der Waals surface area contributed by atoms with Crippen molar-refractivity contribution < 1.29 is 14.6 Å². The van der Waals surface area contributed by atoms with Gasteiger partial charge < -0.3 is 14.7 Å². The van der Waals surface area contributed by atoms with E-state index in [0.717, 1.165) is 25.9 Å². The molecule has 0 unspecified atom stereocenters. The highest BCUT2D eigenvalue weighted by atomic mass is 16.6. The number of nitrogens with zero attached hydrogens (tertiary/aromatic N) is 1. The number of aliphatic hydroxyl groups is 1. The lowest BCUT2D eigenvalue weighted by atomic mass is 9.89. The van der Waals surface area contributed by atoms with E-state index in [4.69, 9.17) is 9.84 Å². The molecule has 1 fully saturated rings. The zero-order valence-electron chi connectivity index (χ0n) is 9.82. The van der Waals surface area contributed by atoms with Crippen LogP contribution >= 0.6 is 0 Å². The third kappa shape index (κ3) is 3.38. The zero-order valence-corrected chi connectivity index (χ0v) is 9.82. The lowest BCUT2D eigenvalue weighted by Gasteiger charge is -2.30. The van der Waals surface area contributed by atoms with E-state index in [1.54, 1.807) is 4.90 Å². The van der Waals surface area contributed by atoms with Gasteiger partial charge in [-0.3, -0.25) is 0 Å². The predicted octanol–water partition coefficient (Wildman–Crippen LogP) is 1.63. The quantitative estimate of drug-likeness (QED) is 0.761. The minimum atomic E-state index is -0.425. The summed E-state index contributed by atoms with van der Waals surface area (Å²) in [7, 11) is 0. The third-order valence-corrected chi connectivity index (χ3v) is 2.74. The van der Waals surface area contributed by atoms with Crippen molar-refractivity contribution in [3.8, 4) is 0 Å². The molecule has 1 N–H and O–H groups in total. The molecule has 88 valence electrons. The maximum Gasteiger partial charge on any atom is 0.410 e. The van der Waals surface area contributed by atoms with E-state index in [1.165, 1.54) is 0 Å². The van der Waals surface area contributed by atoms with Crippen molar-refractivity contribution in [1.29, 1.82) is 0 Å². The Hall–Kier alpha value is -0.770. The second-order valence-electron chi connectivity index (χ2n) is 5.12. The number of carbonyl (C=O) groups excluding carboxylic acids is 1. The van der Waals surface area contributed by atoms with Crippen LogP contribution in [-0.4, -0.2) is 41.9 Å². The van der Waals surface area contributed by atoms with Crippen LogP contribution in [0.4, 0.5) is 4.79 Å². The maximum absolute atomic E-state index is 11.7. The number of hydrogen-bond donors (Lipinski definition) is 1. The molecule has 0 aromatic carbocycles. The van der Waals surface area contributed by atoms with Crippen LogP contribution in [0.5, 0.6) is 0 Å². The van der Waals surface area contributed by atoms with Crippen LogP contribution in [0.15, 0.2) is 0 Å². The van der Waals surface area contributed by atoms with Crippen molar-refractivity contribution >= 4 is 6.09 Å². The molecule has 0 aliphatic carbocycles. The van der Waals surface area contributed by atoms with Gasteiger partial charge in [-0.15, -0.1) is 0 Å². The molecule has 1 atom stereocenters. The summed E-state index contributed by atoms with van der Waals surface area (Å²) in [6.07, 6.45) is 1.38. The molecule has 15 heavy (non-hydrogen) atoms. The maximum atomic E-state index is 11.7. The lowest BCUT2D eigenvalue weighted by molar-refractivity contribution is -0.0181. The van der Waals surface area contributed by atoms with E-state index in [0.29, 0.717) is 0 Å². The first kappa shape index (κ1) is 12.3. The van der Waals surface area contributed by atoms with Crippen molar-refractivity contribution in [2.24, 2.45) is 5.41 Å². The topological polar surface area (TPSA) is 49.8 Å². The SMILES string of the molecule is CC(C)(C)[C@H](CO)OC(=O)N1CCCC1. The van der Waals surface area contributed by atoms with Crippen molar-refractivity contribution in [2.75, 3.05) is 19.7 Å². The van der Waals surface area contributed by atoms with Crippen molar-refractivity contribution in [2.45, 2.75) is 39.7 Å². The van der Waals surface area contributed by atoms with Gasteiger partial charge in [0.1, 0.15) is 6.10 Å². The second kappa shape index (κ2) is 4.84. The average molecular weight is 215 g/mol. The van der Waals surface area contributed by atoms with E-state index in [1.807, 2.05) is 20.8 Å². The van der Waals surface area contributed by atoms with Crippen LogP contribution in [0.2, 0.25) is 0 Å². The molecular weight excluding hydrogens is 194 g/mol. The van der Waals surface area contributed by atoms with Crippen LogP contribution < -0.4 is 0 Å². The summed E-state index contributed by atoms with van der Waals surface area (Å²) >= 11 is 0. The van der Waals surface area contributed by atoms with Crippen LogP contribution in [0, 0.1) is 5.41 Å². The van der Waals surface area contributed by atoms with E-state index < -0.39 is 6.10 Å². The first-order valence-electron chi connectivity index (χ1n) is 5.51. The van der Waals surface area contributed by atoms with Gasteiger partial charge >= 0.3 is 6.09 Å². The van der Waals surface area contributed by atoms with Gasteiger partial charge in [0.05, 0.1) is 6.61 Å². The summed E-state index contributed by atoms with van der Waals surface area (Å²) in [5, 5.41) is 9.16. The molecule has 1 rings (SSSR count). The van der Waals surface area contributed by atoms with Gasteiger partial charge in [-0.2, -0.15) is 0 Å². The first-order chi connectivity index (χ1) is 6.95. The number of likely N-dealkylation sites (tertiary alicyclic amines) is 1. The number of hydrogen-bond acceptors (Lipinski definition) is 3. The minimum absolute atomic E-state index is 0.122. The summed E-state index contributed by atoms with van der Waals surface area (Å²) < 4.78 is 5.28. The van der Waals surface area contributed by atoms with Crippen LogP contribution in [0.3, 0.4) is 0 Å². The molecule has 1 saturated heterocycles. The van der Waals surface area contributed by atoms with E-state index in [9.17, 15) is 4.79 Å². The fraction of sp³-hybridized carbons (Fsp3) is 0.909. The molecule has 1 amide bonds. The summed E-state index contributed by atoms with van der Waals surface area (Å²) in [4.78, 5) is 13.4. The van der Waals surface area contributed by atoms with E-state index in [-0.39, 0.29) is 18.1 Å². The molecule has 0 spiro atoms. The Bertz CT molecular complexity index is 216. The number of amides is 1. The molecule has 0 radical (unpaired) electrons. The molecule has 1 heterocycles. The number of aliphatic hydroxyl groups excluding tert-OH is 1. The first-order valence-corrected chi connectivity index (χ1v) is 5.51. The Morgan fingerprint density at radius 1 is 1.40 bits per heavy atom. The fourth-order valence-corrected chi connectivity index (χ4v) is 1.58. The van der Waals surface area contributed by atoms with Gasteiger partial charge in [-0.25, -0.2) is 4.79 Å². The molecule has 1 aliphatic rings. The van der Waals surface area contributed by atoms with Gasteiger partial charge in [0.2, 0.25) is 0 Å². The molecule has 0 saturated carbocycles. The second-order valence-corrected chi connectivity index (χ2v) is 5.12. The van der Waals surface area contributed by atoms with Crippen LogP contribution in [0.1, 0.15) is 33.6 Å². The fourth-order valence-electron chi connectivity index (χ4n) is 1.58. The molecule has 4 heteroatoms. The van der Waals surface area contributed by atoms with Crippen LogP contribution in [-0.2, 0) is 4.74 Å². The van der Waals surface area contributed by atoms with Gasteiger partial charge in [0, 0.05) is 18.5 Å². The van der Waals surface area contributed by atoms with Crippen LogP contribution in [0.25, 0.3) is 0 Å². The Kier molecular flexibility index (Phi) is 3.97. The molecule has 0 bridgehead atoms. The summed E-state index contributed by atoms with van der Waals surface area (Å²) in [6.45, 7) is 7.28. The summed E-state index contributed by atoms with van der Waals surface area (Å²) in [6, 6.07) is 0. The molecule has 0 aromatic rings. The standard InChI is InChI=1S/C11H21NO3/c1-11(2,3)9(8-13)15-10(14)12-6-4-5-7-12/h9,13H,4-8H2,1-3H3/t9-/m0/s1. The van der Waals surface area contributed by atoms with Crippen molar-refractivity contribution in [3.63, 3.8) is 0 Å². The zero-order chi connectivity index (χ0) is 11.5. The average Bonchev–Trinajstić information content (AvgIpc) is 2.64. The monoisotopic (exact) mass is 215 g/mol. The predicted molar refractivity (Wildman–Crippen MR) is 57.6 cm³/mol. The molecule has 4 nitrogen and oxygen atoms in total. The summed E-state index contributed by atoms with van der Waals surface area (Å²) in [5.74, 6) is 0. The van der Waals surface area contributed by atoms with Gasteiger partial charge in [-0.1, -0.05) is 20.8 Å². The smallest absolute Gasteiger partial charge is 0.410 e. The number of ether oxygens (including phenoxy) is 1. The normalized spacial score (nSPS) is 19.1. The molecule has 1 aliphatic heterocycles. The Labute approximate surface area is 91.2 Å². The van der Waals surface area contributed by atoms with Crippen molar-refractivity contribution in [3.05, 3.63) is 0 Å². The Morgan fingerprint density at radius 3 is 2.33 bits per heavy atom.